The molecule has 0 aromatic carbocycles. The highest BCUT2D eigenvalue weighted by atomic mass is 32.3. The zero-order chi connectivity index (χ0) is 28.3. The van der Waals surface area contributed by atoms with Crippen molar-refractivity contribution in [3.8, 4) is 0 Å². The van der Waals surface area contributed by atoms with Crippen molar-refractivity contribution in [3.63, 3.8) is 0 Å². The molecule has 1 atom stereocenters. The van der Waals surface area contributed by atoms with Gasteiger partial charge in [-0.25, -0.2) is 8.42 Å². The van der Waals surface area contributed by atoms with Gasteiger partial charge in [0.2, 0.25) is 10.4 Å². The Morgan fingerprint density at radius 2 is 0.946 bits per heavy atom. The largest absolute Gasteiger partial charge is 0.726 e. The van der Waals surface area contributed by atoms with E-state index in [1.807, 2.05) is 0 Å². The van der Waals surface area contributed by atoms with Crippen LogP contribution in [0.15, 0.2) is 0 Å². The van der Waals surface area contributed by atoms with Crippen molar-refractivity contribution in [3.05, 3.63) is 0 Å². The summed E-state index contributed by atoms with van der Waals surface area (Å²) in [7, 11) is -4.92. The SMILES string of the molecule is CCCCCCCCCCCCCCCC[N+](CCCO)(CCCO)CCCC(O)CO.O=S(=O)([O-])O. The van der Waals surface area contributed by atoms with E-state index >= 15 is 0 Å². The number of nitrogens with zero attached hydrogens (tertiary/aromatic N) is 1. The lowest BCUT2D eigenvalue weighted by Crippen LogP contribution is -2.51. The monoisotopic (exact) mass is 557 g/mol. The zero-order valence-corrected chi connectivity index (χ0v) is 24.4. The maximum absolute atomic E-state index is 9.68. The molecule has 0 aliphatic rings. The Bertz CT molecular complexity index is 547. The molecule has 0 rings (SSSR count). The van der Waals surface area contributed by atoms with Crippen LogP contribution in [0.25, 0.3) is 0 Å². The number of hydrogen-bond acceptors (Lipinski definition) is 7. The van der Waals surface area contributed by atoms with E-state index < -0.39 is 16.5 Å². The van der Waals surface area contributed by atoms with Crippen LogP contribution in [-0.4, -0.2) is 94.5 Å². The van der Waals surface area contributed by atoms with Crippen LogP contribution in [0.2, 0.25) is 0 Å². The first-order valence-corrected chi connectivity index (χ1v) is 16.0. The molecule has 1 unspecified atom stereocenters. The molecule has 9 nitrogen and oxygen atoms in total. The van der Waals surface area contributed by atoms with Gasteiger partial charge in [0, 0.05) is 26.1 Å². The summed E-state index contributed by atoms with van der Waals surface area (Å²) in [4.78, 5) is 0. The van der Waals surface area contributed by atoms with E-state index in [-0.39, 0.29) is 19.8 Å². The number of unbranched alkanes of at least 4 members (excludes halogenated alkanes) is 13. The van der Waals surface area contributed by atoms with Crippen LogP contribution in [-0.2, 0) is 10.4 Å². The lowest BCUT2D eigenvalue weighted by Gasteiger charge is -2.39. The Kier molecular flexibility index (Phi) is 28.6. The summed E-state index contributed by atoms with van der Waals surface area (Å²) in [6.07, 6.45) is 21.5. The van der Waals surface area contributed by atoms with Gasteiger partial charge in [0.15, 0.2) is 0 Å². The molecule has 226 valence electrons. The van der Waals surface area contributed by atoms with Crippen LogP contribution < -0.4 is 0 Å². The second kappa shape index (κ2) is 27.2. The molecule has 0 amide bonds. The molecule has 0 bridgehead atoms. The van der Waals surface area contributed by atoms with Crippen LogP contribution in [0.4, 0.5) is 0 Å². The molecule has 0 heterocycles. The molecular formula is C27H59NO8S. The first-order valence-electron chi connectivity index (χ1n) is 14.7. The summed E-state index contributed by atoms with van der Waals surface area (Å²) in [6, 6.07) is 0. The van der Waals surface area contributed by atoms with Crippen LogP contribution in [0.1, 0.15) is 122 Å². The maximum atomic E-state index is 9.68. The van der Waals surface area contributed by atoms with Crippen molar-refractivity contribution >= 4 is 10.4 Å². The normalized spacial score (nSPS) is 12.8. The smallest absolute Gasteiger partial charge is 0.215 e. The number of aliphatic hydroxyl groups excluding tert-OH is 4. The third kappa shape index (κ3) is 31.8. The molecule has 37 heavy (non-hydrogen) atoms. The van der Waals surface area contributed by atoms with E-state index in [2.05, 4.69) is 6.92 Å². The van der Waals surface area contributed by atoms with Gasteiger partial charge in [-0.1, -0.05) is 84.0 Å². The summed E-state index contributed by atoms with van der Waals surface area (Å²) in [5.74, 6) is 0. The summed E-state index contributed by atoms with van der Waals surface area (Å²) >= 11 is 0. The quantitative estimate of drug-likeness (QED) is 0.0458. The fraction of sp³-hybridized carbons (Fsp3) is 1.00. The van der Waals surface area contributed by atoms with E-state index in [1.165, 1.54) is 89.9 Å². The summed E-state index contributed by atoms with van der Waals surface area (Å²) < 4.78 is 33.8. The second-order valence-corrected chi connectivity index (χ2v) is 11.2. The molecule has 0 aliphatic carbocycles. The number of rotatable bonds is 26. The van der Waals surface area contributed by atoms with Gasteiger partial charge < -0.3 is 29.5 Å². The molecule has 10 heteroatoms. The van der Waals surface area contributed by atoms with Crippen molar-refractivity contribution in [1.29, 1.82) is 0 Å². The predicted octanol–water partition coefficient (Wildman–Crippen LogP) is 4.19. The highest BCUT2D eigenvalue weighted by Crippen LogP contribution is 2.18. The molecule has 5 N–H and O–H groups in total. The Hall–Kier alpha value is -0.330. The summed E-state index contributed by atoms with van der Waals surface area (Å²) in [5.41, 5.74) is 0. The Morgan fingerprint density at radius 1 is 0.622 bits per heavy atom. The average Bonchev–Trinajstić information content (AvgIpc) is 2.85. The first-order chi connectivity index (χ1) is 17.6. The van der Waals surface area contributed by atoms with Gasteiger partial charge in [0.25, 0.3) is 0 Å². The second-order valence-electron chi connectivity index (χ2n) is 10.4. The standard InChI is InChI=1S/C27H58NO4.H2O4S/c1-2-3-4-5-6-7-8-9-10-11-12-13-14-15-20-28(22-17-24-29,23-18-25-30)21-16-19-27(32)26-31;1-5(2,3)4/h27,29-32H,2-26H2,1H3;(H2,1,2,3,4)/q+1;/p-1. The predicted molar refractivity (Wildman–Crippen MR) is 148 cm³/mol. The lowest BCUT2D eigenvalue weighted by molar-refractivity contribution is -0.929. The van der Waals surface area contributed by atoms with E-state index in [9.17, 15) is 15.3 Å². The van der Waals surface area contributed by atoms with Gasteiger partial charge in [-0.2, -0.15) is 0 Å². The topological polar surface area (TPSA) is 158 Å². The molecule has 0 radical (unpaired) electrons. The first kappa shape index (κ1) is 38.8. The molecule has 0 saturated carbocycles. The maximum Gasteiger partial charge on any atom is 0.215 e. The molecular weight excluding hydrogens is 498 g/mol. The van der Waals surface area contributed by atoms with Crippen molar-refractivity contribution in [2.45, 2.75) is 129 Å². The minimum absolute atomic E-state index is 0.174. The van der Waals surface area contributed by atoms with Gasteiger partial charge in [0.1, 0.15) is 0 Å². The van der Waals surface area contributed by atoms with Crippen LogP contribution in [0.3, 0.4) is 0 Å². The highest BCUT2D eigenvalue weighted by molar-refractivity contribution is 7.79. The van der Waals surface area contributed by atoms with Crippen molar-refractivity contribution in [2.24, 2.45) is 0 Å². The van der Waals surface area contributed by atoms with Gasteiger partial charge in [0.05, 0.1) is 38.9 Å². The lowest BCUT2D eigenvalue weighted by atomic mass is 10.0. The van der Waals surface area contributed by atoms with E-state index in [1.54, 1.807) is 0 Å². The fourth-order valence-electron chi connectivity index (χ4n) is 4.88. The Morgan fingerprint density at radius 3 is 1.30 bits per heavy atom. The van der Waals surface area contributed by atoms with Crippen molar-refractivity contribution in [1.82, 2.24) is 0 Å². The minimum atomic E-state index is -4.92. The Labute approximate surface area is 227 Å². The number of quaternary nitrogens is 1. The average molecular weight is 558 g/mol. The summed E-state index contributed by atoms with van der Waals surface area (Å²) in [5, 5.41) is 37.5. The molecule has 0 fully saturated rings. The van der Waals surface area contributed by atoms with Gasteiger partial charge in [-0.15, -0.1) is 0 Å². The number of hydrogen-bond donors (Lipinski definition) is 5. The van der Waals surface area contributed by atoms with Crippen LogP contribution in [0, 0.1) is 0 Å². The molecule has 0 aromatic rings. The van der Waals surface area contributed by atoms with E-state index in [0.29, 0.717) is 6.42 Å². The van der Waals surface area contributed by atoms with Crippen molar-refractivity contribution < 1.29 is 42.4 Å². The zero-order valence-electron chi connectivity index (χ0n) is 23.6. The third-order valence-corrected chi connectivity index (χ3v) is 6.95. The third-order valence-electron chi connectivity index (χ3n) is 6.95. The van der Waals surface area contributed by atoms with Crippen molar-refractivity contribution in [2.75, 3.05) is 46.0 Å². The minimum Gasteiger partial charge on any atom is -0.726 e. The fourth-order valence-corrected chi connectivity index (χ4v) is 4.88. The van der Waals surface area contributed by atoms with Crippen LogP contribution in [0.5, 0.6) is 0 Å². The summed E-state index contributed by atoms with van der Waals surface area (Å²) in [6.45, 7) is 6.43. The molecule has 0 aliphatic heterocycles. The Balaban J connectivity index is 0. The van der Waals surface area contributed by atoms with E-state index in [0.717, 1.165) is 49.9 Å². The van der Waals surface area contributed by atoms with Crippen LogP contribution >= 0.6 is 0 Å². The van der Waals surface area contributed by atoms with E-state index in [4.69, 9.17) is 22.6 Å². The van der Waals surface area contributed by atoms with Gasteiger partial charge in [-0.05, 0) is 25.7 Å². The van der Waals surface area contributed by atoms with Gasteiger partial charge >= 0.3 is 0 Å². The molecule has 0 saturated heterocycles. The highest BCUT2D eigenvalue weighted by Gasteiger charge is 2.26. The van der Waals surface area contributed by atoms with Gasteiger partial charge in [-0.3, -0.25) is 4.55 Å². The molecule has 0 aromatic heterocycles. The molecule has 0 spiro atoms. The number of aliphatic hydroxyl groups is 4.